The van der Waals surface area contributed by atoms with Crippen LogP contribution in [-0.2, 0) is 0 Å². The number of carbonyl (C=O) groups is 1. The Morgan fingerprint density at radius 1 is 0.853 bits per heavy atom. The average Bonchev–Trinajstić information content (AvgIpc) is 3.33. The van der Waals surface area contributed by atoms with Crippen LogP contribution in [0.1, 0.15) is 46.2 Å². The number of hydrogen-bond acceptors (Lipinski definition) is 3. The van der Waals surface area contributed by atoms with Gasteiger partial charge < -0.3 is 14.5 Å². The van der Waals surface area contributed by atoms with Crippen molar-refractivity contribution in [3.8, 4) is 5.75 Å². The third-order valence-corrected chi connectivity index (χ3v) is 7.62. The topological polar surface area (TPSA) is 32.8 Å². The number of methoxy groups -OCH3 is 1. The summed E-state index contributed by atoms with van der Waals surface area (Å²) in [7, 11) is 1.64. The highest BCUT2D eigenvalue weighted by Crippen LogP contribution is 2.36. The summed E-state index contributed by atoms with van der Waals surface area (Å²) >= 11 is 0. The molecule has 34 heavy (non-hydrogen) atoms. The molecule has 0 saturated carbocycles. The maximum Gasteiger partial charge on any atom is 0.254 e. The smallest absolute Gasteiger partial charge is 0.254 e. The Morgan fingerprint density at radius 3 is 2.21 bits per heavy atom. The van der Waals surface area contributed by atoms with E-state index in [2.05, 4.69) is 65.6 Å². The number of likely N-dealkylation sites (tertiary alicyclic amines) is 2. The zero-order chi connectivity index (χ0) is 23.3. The fourth-order valence-electron chi connectivity index (χ4n) is 5.74. The van der Waals surface area contributed by atoms with Crippen LogP contribution in [0.15, 0.2) is 84.9 Å². The maximum absolute atomic E-state index is 13.4. The summed E-state index contributed by atoms with van der Waals surface area (Å²) in [5.41, 5.74) is 3.52. The first-order chi connectivity index (χ1) is 16.7. The number of hydrogen-bond donors (Lipinski definition) is 0. The number of benzene rings is 3. The Kier molecular flexibility index (Phi) is 6.96. The first-order valence-corrected chi connectivity index (χ1v) is 12.5. The Hall–Kier alpha value is -3.11. The number of carbonyl (C=O) groups excluding carboxylic acids is 1. The second-order valence-electron chi connectivity index (χ2n) is 9.70. The summed E-state index contributed by atoms with van der Waals surface area (Å²) in [6.45, 7) is 4.87. The quantitative estimate of drug-likeness (QED) is 0.498. The summed E-state index contributed by atoms with van der Waals surface area (Å²) in [4.78, 5) is 18.1. The van der Waals surface area contributed by atoms with E-state index in [0.29, 0.717) is 23.3 Å². The fraction of sp³-hybridized carbons (Fsp3) is 0.367. The Morgan fingerprint density at radius 2 is 1.53 bits per heavy atom. The molecular weight excluding hydrogens is 420 g/mol. The highest BCUT2D eigenvalue weighted by molar-refractivity contribution is 5.94. The molecule has 2 aliphatic rings. The molecule has 0 aliphatic carbocycles. The van der Waals surface area contributed by atoms with Crippen molar-refractivity contribution in [2.75, 3.05) is 39.8 Å². The molecule has 2 heterocycles. The van der Waals surface area contributed by atoms with Crippen LogP contribution in [0, 0.1) is 5.92 Å². The van der Waals surface area contributed by atoms with E-state index in [-0.39, 0.29) is 5.91 Å². The molecule has 2 atom stereocenters. The van der Waals surface area contributed by atoms with Crippen molar-refractivity contribution in [2.45, 2.75) is 24.7 Å². The van der Waals surface area contributed by atoms with Gasteiger partial charge in [0.2, 0.25) is 0 Å². The molecule has 2 saturated heterocycles. The molecule has 0 spiro atoms. The van der Waals surface area contributed by atoms with Crippen molar-refractivity contribution >= 4 is 5.91 Å². The van der Waals surface area contributed by atoms with E-state index in [0.717, 1.165) is 38.5 Å². The molecular formula is C30H34N2O2. The summed E-state index contributed by atoms with van der Waals surface area (Å²) in [5, 5.41) is 0. The number of rotatable bonds is 6. The largest absolute Gasteiger partial charge is 0.497 e. The lowest BCUT2D eigenvalue weighted by Crippen LogP contribution is -2.38. The van der Waals surface area contributed by atoms with Crippen LogP contribution in [0.4, 0.5) is 0 Å². The van der Waals surface area contributed by atoms with E-state index in [4.69, 9.17) is 4.74 Å². The van der Waals surface area contributed by atoms with Gasteiger partial charge in [-0.25, -0.2) is 0 Å². The van der Waals surface area contributed by atoms with Crippen molar-refractivity contribution in [1.29, 1.82) is 0 Å². The van der Waals surface area contributed by atoms with Crippen molar-refractivity contribution in [3.05, 3.63) is 102 Å². The molecule has 0 bridgehead atoms. The average molecular weight is 455 g/mol. The molecule has 2 aliphatic heterocycles. The van der Waals surface area contributed by atoms with Crippen molar-refractivity contribution < 1.29 is 9.53 Å². The molecule has 2 fully saturated rings. The highest BCUT2D eigenvalue weighted by atomic mass is 16.5. The minimum absolute atomic E-state index is 0.102. The van der Waals surface area contributed by atoms with Gasteiger partial charge >= 0.3 is 0 Å². The van der Waals surface area contributed by atoms with E-state index in [1.165, 1.54) is 24.0 Å². The van der Waals surface area contributed by atoms with Crippen LogP contribution in [0.25, 0.3) is 0 Å². The van der Waals surface area contributed by atoms with Gasteiger partial charge in [0, 0.05) is 31.1 Å². The second kappa shape index (κ2) is 10.4. The predicted molar refractivity (Wildman–Crippen MR) is 136 cm³/mol. The number of amides is 1. The molecule has 176 valence electrons. The van der Waals surface area contributed by atoms with E-state index >= 15 is 0 Å². The molecule has 4 nitrogen and oxygen atoms in total. The zero-order valence-electron chi connectivity index (χ0n) is 20.0. The van der Waals surface area contributed by atoms with Gasteiger partial charge in [-0.15, -0.1) is 0 Å². The third kappa shape index (κ3) is 5.02. The van der Waals surface area contributed by atoms with Gasteiger partial charge in [0.05, 0.1) is 7.11 Å². The van der Waals surface area contributed by atoms with Gasteiger partial charge in [-0.3, -0.25) is 4.79 Å². The molecule has 0 aromatic heterocycles. The first-order valence-electron chi connectivity index (χ1n) is 12.5. The number of nitrogens with zero attached hydrogens (tertiary/aromatic N) is 2. The molecule has 3 aromatic rings. The third-order valence-electron chi connectivity index (χ3n) is 7.62. The SMILES string of the molecule is COc1cccc(C(=O)N2C[C@H](CN3CCC(c4ccccc4)CC3)[C@@H](c3ccccc3)C2)c1. The molecule has 3 aromatic carbocycles. The minimum Gasteiger partial charge on any atom is -0.497 e. The van der Waals surface area contributed by atoms with Crippen molar-refractivity contribution in [1.82, 2.24) is 9.80 Å². The number of ether oxygens (including phenoxy) is 1. The molecule has 0 unspecified atom stereocenters. The van der Waals surface area contributed by atoms with Crippen molar-refractivity contribution in [3.63, 3.8) is 0 Å². The summed E-state index contributed by atoms with van der Waals surface area (Å²) in [6, 6.07) is 29.2. The first kappa shape index (κ1) is 22.7. The summed E-state index contributed by atoms with van der Waals surface area (Å²) in [6.07, 6.45) is 2.42. The van der Waals surface area contributed by atoms with Gasteiger partial charge in [-0.05, 0) is 67.1 Å². The molecule has 5 rings (SSSR count). The van der Waals surface area contributed by atoms with E-state index in [9.17, 15) is 4.79 Å². The lowest BCUT2D eigenvalue weighted by Gasteiger charge is -2.34. The van der Waals surface area contributed by atoms with Crippen LogP contribution in [0.3, 0.4) is 0 Å². The van der Waals surface area contributed by atoms with Gasteiger partial charge in [0.1, 0.15) is 5.75 Å². The molecule has 0 N–H and O–H groups in total. The lowest BCUT2D eigenvalue weighted by molar-refractivity contribution is 0.0781. The van der Waals surface area contributed by atoms with Crippen LogP contribution >= 0.6 is 0 Å². The summed E-state index contributed by atoms with van der Waals surface area (Å²) in [5.74, 6) is 2.29. The van der Waals surface area contributed by atoms with Gasteiger partial charge in [0.25, 0.3) is 5.91 Å². The Bertz CT molecular complexity index is 1080. The highest BCUT2D eigenvalue weighted by Gasteiger charge is 2.38. The predicted octanol–water partition coefficient (Wildman–Crippen LogP) is 5.43. The molecule has 4 heteroatoms. The lowest BCUT2D eigenvalue weighted by atomic mass is 9.86. The van der Waals surface area contributed by atoms with Crippen LogP contribution in [-0.4, -0.2) is 55.5 Å². The Balaban J connectivity index is 1.28. The summed E-state index contributed by atoms with van der Waals surface area (Å²) < 4.78 is 5.34. The van der Waals surface area contributed by atoms with Crippen LogP contribution in [0.2, 0.25) is 0 Å². The normalized spacial score (nSPS) is 21.5. The van der Waals surface area contributed by atoms with Gasteiger partial charge in [0.15, 0.2) is 0 Å². The monoisotopic (exact) mass is 454 g/mol. The van der Waals surface area contributed by atoms with E-state index in [1.54, 1.807) is 7.11 Å². The minimum atomic E-state index is 0.102. The van der Waals surface area contributed by atoms with E-state index < -0.39 is 0 Å². The van der Waals surface area contributed by atoms with Crippen LogP contribution in [0.5, 0.6) is 5.75 Å². The van der Waals surface area contributed by atoms with Gasteiger partial charge in [-0.2, -0.15) is 0 Å². The zero-order valence-corrected chi connectivity index (χ0v) is 20.0. The molecule has 1 amide bonds. The van der Waals surface area contributed by atoms with Gasteiger partial charge in [-0.1, -0.05) is 66.7 Å². The number of piperidine rings is 1. The second-order valence-corrected chi connectivity index (χ2v) is 9.70. The Labute approximate surface area is 203 Å². The maximum atomic E-state index is 13.4. The standard InChI is InChI=1S/C30H34N2O2/c1-34-28-14-8-13-26(19-28)30(33)32-21-27(29(22-32)25-11-6-3-7-12-25)20-31-17-15-24(16-18-31)23-9-4-2-5-10-23/h2-14,19,24,27,29H,15-18,20-22H2,1H3/t27-,29+/m0/s1. The van der Waals surface area contributed by atoms with Crippen molar-refractivity contribution in [2.24, 2.45) is 5.92 Å². The van der Waals surface area contributed by atoms with E-state index in [1.807, 2.05) is 29.2 Å². The van der Waals surface area contributed by atoms with Crippen LogP contribution < -0.4 is 4.74 Å². The molecule has 0 radical (unpaired) electrons. The fourth-order valence-corrected chi connectivity index (χ4v) is 5.74.